The molecule has 234 valence electrons. The monoisotopic (exact) mass is 614 g/mol. The van der Waals surface area contributed by atoms with Gasteiger partial charge in [0, 0.05) is 41.5 Å². The summed E-state index contributed by atoms with van der Waals surface area (Å²) in [5, 5.41) is 66.4. The number of hydrogen-bond acceptors (Lipinski definition) is 14. The molecule has 15 nitrogen and oxygen atoms in total. The summed E-state index contributed by atoms with van der Waals surface area (Å²) in [7, 11) is 1.31. The normalized spacial score (nSPS) is 24.0. The van der Waals surface area contributed by atoms with E-state index in [1.54, 1.807) is 0 Å². The molecular weight excluding hydrogens is 584 g/mol. The van der Waals surface area contributed by atoms with Crippen molar-refractivity contribution in [2.75, 3.05) is 20.3 Å². The lowest BCUT2D eigenvalue weighted by Gasteiger charge is -2.40. The number of benzene rings is 2. The first kappa shape index (κ1) is 31.1. The molecule has 15 heteroatoms. The Kier molecular flexibility index (Phi) is 8.44. The number of Topliss-reactive ketones (excluding diaryl/α,β-unsaturated/α-hetero) is 1. The zero-order valence-corrected chi connectivity index (χ0v) is 23.3. The standard InChI is InChI=1S/C29H30N2O13/c1-42-30-8-19(36)31-15-5-20(43-11-16(15)34)44-17-7-29(41,18(35)10-33)6-14-22(17)28(40)24-23(26(14)38)25(37)13-4-2-3-12(9-32)21(13)27(24)39/h2-4,11,15,17,20,30,32-34,38,40-41H,5-10H2,1H3,(H,31,36)/t15-,17+,20+,29+/m1/s1. The van der Waals surface area contributed by atoms with Crippen molar-refractivity contribution in [3.63, 3.8) is 0 Å². The molecule has 2 aromatic carbocycles. The molecule has 0 fully saturated rings. The average molecular weight is 615 g/mol. The van der Waals surface area contributed by atoms with Gasteiger partial charge >= 0.3 is 0 Å². The first-order valence-corrected chi connectivity index (χ1v) is 13.5. The summed E-state index contributed by atoms with van der Waals surface area (Å²) in [4.78, 5) is 56.7. The van der Waals surface area contributed by atoms with Crippen molar-refractivity contribution in [2.45, 2.75) is 49.9 Å². The second-order valence-corrected chi connectivity index (χ2v) is 10.6. The van der Waals surface area contributed by atoms with Crippen molar-refractivity contribution in [3.05, 3.63) is 69.2 Å². The molecule has 8 N–H and O–H groups in total. The number of amides is 1. The van der Waals surface area contributed by atoms with Crippen LogP contribution in [0.3, 0.4) is 0 Å². The smallest absolute Gasteiger partial charge is 0.236 e. The molecular formula is C29H30N2O13. The van der Waals surface area contributed by atoms with Crippen LogP contribution >= 0.6 is 0 Å². The molecule has 0 radical (unpaired) electrons. The number of aliphatic hydroxyl groups excluding tert-OH is 3. The van der Waals surface area contributed by atoms with Gasteiger partial charge in [0.2, 0.25) is 12.2 Å². The first-order chi connectivity index (χ1) is 20.9. The predicted octanol–water partition coefficient (Wildman–Crippen LogP) is -0.556. The average Bonchev–Trinajstić information content (AvgIpc) is 3.01. The molecule has 0 saturated heterocycles. The molecule has 44 heavy (non-hydrogen) atoms. The fourth-order valence-corrected chi connectivity index (χ4v) is 5.84. The molecule has 1 aliphatic heterocycles. The van der Waals surface area contributed by atoms with Crippen molar-refractivity contribution in [2.24, 2.45) is 0 Å². The van der Waals surface area contributed by atoms with E-state index in [-0.39, 0.29) is 46.5 Å². The minimum Gasteiger partial charge on any atom is -0.507 e. The lowest BCUT2D eigenvalue weighted by molar-refractivity contribution is -0.181. The lowest BCUT2D eigenvalue weighted by Crippen LogP contribution is -2.48. The summed E-state index contributed by atoms with van der Waals surface area (Å²) in [5.41, 5.74) is -1.72. The number of nitrogens with one attached hydrogen (secondary N) is 2. The van der Waals surface area contributed by atoms with Crippen LogP contribution in [0.1, 0.15) is 67.5 Å². The number of ketones is 3. The van der Waals surface area contributed by atoms with Crippen molar-refractivity contribution >= 4 is 23.3 Å². The van der Waals surface area contributed by atoms with Crippen LogP contribution in [-0.4, -0.2) is 92.1 Å². The van der Waals surface area contributed by atoms with Gasteiger partial charge in [-0.1, -0.05) is 18.2 Å². The van der Waals surface area contributed by atoms with E-state index in [0.717, 1.165) is 6.26 Å². The molecule has 0 aromatic heterocycles. The maximum absolute atomic E-state index is 13.7. The number of aromatic hydroxyl groups is 2. The topological polar surface area (TPSA) is 241 Å². The zero-order valence-electron chi connectivity index (χ0n) is 23.3. The van der Waals surface area contributed by atoms with E-state index in [1.165, 1.54) is 25.3 Å². The lowest BCUT2D eigenvalue weighted by atomic mass is 9.71. The van der Waals surface area contributed by atoms with Crippen LogP contribution in [0.2, 0.25) is 0 Å². The van der Waals surface area contributed by atoms with Gasteiger partial charge < -0.3 is 50.3 Å². The first-order valence-electron chi connectivity index (χ1n) is 13.5. The number of ether oxygens (including phenoxy) is 2. The molecule has 0 unspecified atom stereocenters. The summed E-state index contributed by atoms with van der Waals surface area (Å²) in [6.45, 7) is -1.91. The van der Waals surface area contributed by atoms with Crippen LogP contribution in [0.15, 0.2) is 30.2 Å². The van der Waals surface area contributed by atoms with Gasteiger partial charge in [-0.15, -0.1) is 0 Å². The van der Waals surface area contributed by atoms with Crippen LogP contribution in [0.5, 0.6) is 11.5 Å². The van der Waals surface area contributed by atoms with Gasteiger partial charge in [0.05, 0.1) is 43.5 Å². The van der Waals surface area contributed by atoms with E-state index in [9.17, 15) is 49.8 Å². The van der Waals surface area contributed by atoms with Crippen LogP contribution in [0.25, 0.3) is 0 Å². The third-order valence-corrected chi connectivity index (χ3v) is 7.97. The fraction of sp³-hybridized carbons (Fsp3) is 0.379. The Morgan fingerprint density at radius 2 is 1.80 bits per heavy atom. The minimum absolute atomic E-state index is 0.120. The van der Waals surface area contributed by atoms with Crippen molar-refractivity contribution in [1.82, 2.24) is 10.8 Å². The number of fused-ring (bicyclic) bond motifs is 3. The van der Waals surface area contributed by atoms with E-state index in [0.29, 0.717) is 0 Å². The number of aliphatic hydroxyl groups is 4. The Bertz CT molecular complexity index is 1590. The quantitative estimate of drug-likeness (QED) is 0.111. The maximum atomic E-state index is 13.7. The minimum atomic E-state index is -2.33. The van der Waals surface area contributed by atoms with Crippen molar-refractivity contribution in [1.29, 1.82) is 0 Å². The van der Waals surface area contributed by atoms with Gasteiger partial charge in [0.25, 0.3) is 0 Å². The second kappa shape index (κ2) is 12.0. The van der Waals surface area contributed by atoms with Crippen molar-refractivity contribution in [3.8, 4) is 11.5 Å². The maximum Gasteiger partial charge on any atom is 0.236 e. The molecule has 0 bridgehead atoms. The Labute approximate surface area is 249 Å². The number of hydrogen-bond donors (Lipinski definition) is 8. The highest BCUT2D eigenvalue weighted by Crippen LogP contribution is 2.52. The van der Waals surface area contributed by atoms with Crippen LogP contribution in [0, 0.1) is 0 Å². The summed E-state index contributed by atoms with van der Waals surface area (Å²) < 4.78 is 11.4. The van der Waals surface area contributed by atoms with Gasteiger partial charge in [-0.2, -0.15) is 5.48 Å². The highest BCUT2D eigenvalue weighted by atomic mass is 16.7. The zero-order chi connectivity index (χ0) is 31.9. The molecule has 5 rings (SSSR count). The Morgan fingerprint density at radius 3 is 2.48 bits per heavy atom. The third-order valence-electron chi connectivity index (χ3n) is 7.97. The summed E-state index contributed by atoms with van der Waals surface area (Å²) in [6.07, 6.45) is -3.24. The van der Waals surface area contributed by atoms with Crippen LogP contribution in [-0.2, 0) is 36.9 Å². The van der Waals surface area contributed by atoms with Gasteiger partial charge in [-0.3, -0.25) is 19.2 Å². The number of hydroxylamine groups is 1. The summed E-state index contributed by atoms with van der Waals surface area (Å²) >= 11 is 0. The Balaban J connectivity index is 1.58. The van der Waals surface area contributed by atoms with E-state index < -0.39 is 96.0 Å². The van der Waals surface area contributed by atoms with E-state index in [2.05, 4.69) is 15.6 Å². The number of phenols is 2. The number of phenolic OH excluding ortho intramolecular Hbond substituents is 2. The molecule has 3 aliphatic rings. The van der Waals surface area contributed by atoms with Crippen LogP contribution < -0.4 is 10.8 Å². The largest absolute Gasteiger partial charge is 0.507 e. The molecule has 0 saturated carbocycles. The third kappa shape index (κ3) is 5.19. The molecule has 2 aromatic rings. The van der Waals surface area contributed by atoms with E-state index in [4.69, 9.17) is 9.47 Å². The molecule has 4 atom stereocenters. The number of carbonyl (C=O) groups is 4. The SMILES string of the molecule is CONCC(=O)N[C@@H]1C[C@H](O[C@H]2C[C@](O)(C(=O)CO)Cc3c(O)c4c(c(O)c32)C(=O)c2c(CO)cccc2C4=O)OC=C1O. The fourth-order valence-electron chi connectivity index (χ4n) is 5.84. The highest BCUT2D eigenvalue weighted by molar-refractivity contribution is 6.31. The Morgan fingerprint density at radius 1 is 1.07 bits per heavy atom. The van der Waals surface area contributed by atoms with E-state index in [1.807, 2.05) is 0 Å². The number of carbonyl (C=O) groups excluding carboxylic acids is 4. The second-order valence-electron chi connectivity index (χ2n) is 10.6. The van der Waals surface area contributed by atoms with Crippen molar-refractivity contribution < 1.29 is 64.1 Å². The molecule has 1 amide bonds. The molecule has 0 spiro atoms. The van der Waals surface area contributed by atoms with Crippen LogP contribution in [0.4, 0.5) is 0 Å². The van der Waals surface area contributed by atoms with Gasteiger partial charge in [0.15, 0.2) is 17.3 Å². The van der Waals surface area contributed by atoms with E-state index >= 15 is 0 Å². The van der Waals surface area contributed by atoms with Gasteiger partial charge in [-0.25, -0.2) is 0 Å². The van der Waals surface area contributed by atoms with Gasteiger partial charge in [0.1, 0.15) is 35.7 Å². The number of rotatable bonds is 9. The predicted molar refractivity (Wildman–Crippen MR) is 145 cm³/mol. The Hall–Kier alpha value is -4.38. The molecule has 1 heterocycles. The van der Waals surface area contributed by atoms with Gasteiger partial charge in [-0.05, 0) is 5.56 Å². The molecule has 2 aliphatic carbocycles. The summed E-state index contributed by atoms with van der Waals surface area (Å²) in [5.74, 6) is -5.15. The summed E-state index contributed by atoms with van der Waals surface area (Å²) in [6, 6.07) is 3.20. The highest BCUT2D eigenvalue weighted by Gasteiger charge is 2.49.